The molecule has 0 saturated carbocycles. The van der Waals surface area contributed by atoms with Crippen molar-refractivity contribution in [1.29, 1.82) is 0 Å². The van der Waals surface area contributed by atoms with Gasteiger partial charge in [-0.25, -0.2) is 4.79 Å². The van der Waals surface area contributed by atoms with Gasteiger partial charge >= 0.3 is 12.1 Å². The van der Waals surface area contributed by atoms with Crippen LogP contribution in [0.5, 0.6) is 0 Å². The molecule has 1 amide bonds. The number of aryl methyl sites for hydroxylation is 1. The average molecular weight is 363 g/mol. The predicted molar refractivity (Wildman–Crippen MR) is 98.3 cm³/mol. The summed E-state index contributed by atoms with van der Waals surface area (Å²) in [6.07, 6.45) is 1.30. The maximum absolute atomic E-state index is 12.3. The lowest BCUT2D eigenvalue weighted by Crippen LogP contribution is -2.49. The number of carboxylic acids is 1. The number of hydrogen-bond acceptors (Lipinski definition) is 4. The van der Waals surface area contributed by atoms with E-state index in [1.165, 1.54) is 0 Å². The third-order valence-electron chi connectivity index (χ3n) is 4.55. The Balaban J connectivity index is 2.27. The largest absolute Gasteiger partial charge is 0.481 e. The number of carbonyl (C=O) groups excluding carboxylic acids is 1. The van der Waals surface area contributed by atoms with Crippen molar-refractivity contribution in [3.63, 3.8) is 0 Å². The third-order valence-corrected chi connectivity index (χ3v) is 4.55. The van der Waals surface area contributed by atoms with Crippen LogP contribution in [0.1, 0.15) is 51.2 Å². The number of aliphatic carboxylic acids is 1. The van der Waals surface area contributed by atoms with Crippen molar-refractivity contribution in [3.05, 3.63) is 35.4 Å². The van der Waals surface area contributed by atoms with E-state index >= 15 is 0 Å². The first kappa shape index (κ1) is 20.2. The second kappa shape index (κ2) is 8.08. The maximum atomic E-state index is 12.3. The minimum atomic E-state index is -1.26. The molecule has 0 radical (unpaired) electrons. The van der Waals surface area contributed by atoms with Gasteiger partial charge in [0.1, 0.15) is 11.0 Å². The smallest absolute Gasteiger partial charge is 0.407 e. The van der Waals surface area contributed by atoms with Gasteiger partial charge in [-0.1, -0.05) is 29.8 Å². The van der Waals surface area contributed by atoms with Crippen molar-refractivity contribution in [3.8, 4) is 0 Å². The number of hydrogen-bond donors (Lipinski definition) is 2. The predicted octanol–water partition coefficient (Wildman–Crippen LogP) is 3.41. The van der Waals surface area contributed by atoms with Crippen molar-refractivity contribution >= 4 is 12.1 Å². The van der Waals surface area contributed by atoms with Gasteiger partial charge in [-0.05, 0) is 52.5 Å². The number of benzene rings is 1. The summed E-state index contributed by atoms with van der Waals surface area (Å²) in [4.78, 5) is 24.4. The van der Waals surface area contributed by atoms with Crippen LogP contribution in [0.4, 0.5) is 4.79 Å². The molecule has 1 heterocycles. The number of nitrogens with one attached hydrogen (secondary N) is 1. The van der Waals surface area contributed by atoms with E-state index in [1.807, 2.05) is 31.2 Å². The van der Waals surface area contributed by atoms with Gasteiger partial charge in [0.15, 0.2) is 0 Å². The molecule has 2 rings (SSSR count). The van der Waals surface area contributed by atoms with Crippen molar-refractivity contribution in [2.24, 2.45) is 0 Å². The second-order valence-corrected chi connectivity index (χ2v) is 7.95. The van der Waals surface area contributed by atoms with Gasteiger partial charge in [-0.3, -0.25) is 4.79 Å². The number of amides is 1. The van der Waals surface area contributed by atoms with E-state index in [0.717, 1.165) is 18.4 Å². The van der Waals surface area contributed by atoms with Crippen LogP contribution in [0.2, 0.25) is 0 Å². The molecule has 0 aliphatic carbocycles. The van der Waals surface area contributed by atoms with Crippen LogP contribution in [0.15, 0.2) is 24.3 Å². The van der Waals surface area contributed by atoms with Gasteiger partial charge in [0.2, 0.25) is 0 Å². The standard InChI is InChI=1S/C20H29NO5/c1-14-7-9-15(10-8-14)20(17(22)23,12-16-6-5-11-25-16)13-21-18(24)26-19(2,3)4/h7-10,16H,5-6,11-13H2,1-4H3,(H,21,24)(H,22,23). The molecule has 2 atom stereocenters. The quantitative estimate of drug-likeness (QED) is 0.809. The Bertz CT molecular complexity index is 629. The highest BCUT2D eigenvalue weighted by Gasteiger charge is 2.44. The molecule has 1 aliphatic rings. The molecule has 1 aromatic carbocycles. The van der Waals surface area contributed by atoms with Crippen LogP contribution in [-0.4, -0.2) is 42.0 Å². The molecule has 0 aromatic heterocycles. The van der Waals surface area contributed by atoms with Gasteiger partial charge in [-0.2, -0.15) is 0 Å². The van der Waals surface area contributed by atoms with Crippen LogP contribution in [-0.2, 0) is 19.7 Å². The van der Waals surface area contributed by atoms with Gasteiger partial charge in [-0.15, -0.1) is 0 Å². The van der Waals surface area contributed by atoms with Gasteiger partial charge in [0.05, 0.1) is 6.10 Å². The molecule has 1 saturated heterocycles. The Kier molecular flexibility index (Phi) is 6.29. The highest BCUT2D eigenvalue weighted by Crippen LogP contribution is 2.34. The fourth-order valence-corrected chi connectivity index (χ4v) is 3.18. The fourth-order valence-electron chi connectivity index (χ4n) is 3.18. The molecule has 0 spiro atoms. The molecule has 2 N–H and O–H groups in total. The molecular formula is C20H29NO5. The van der Waals surface area contributed by atoms with Gasteiger partial charge < -0.3 is 19.9 Å². The van der Waals surface area contributed by atoms with Crippen LogP contribution in [0, 0.1) is 6.92 Å². The maximum Gasteiger partial charge on any atom is 0.407 e. The highest BCUT2D eigenvalue weighted by molar-refractivity contribution is 5.83. The summed E-state index contributed by atoms with van der Waals surface area (Å²) in [5.41, 5.74) is -0.207. The molecule has 1 fully saturated rings. The Morgan fingerprint density at radius 1 is 1.27 bits per heavy atom. The summed E-state index contributed by atoms with van der Waals surface area (Å²) >= 11 is 0. The Morgan fingerprint density at radius 3 is 2.42 bits per heavy atom. The minimum absolute atomic E-state index is 0.0554. The summed E-state index contributed by atoms with van der Waals surface area (Å²) in [5.74, 6) is -0.979. The molecule has 2 unspecified atom stereocenters. The molecule has 26 heavy (non-hydrogen) atoms. The molecule has 0 bridgehead atoms. The topological polar surface area (TPSA) is 84.9 Å². The first-order chi connectivity index (χ1) is 12.1. The van der Waals surface area contributed by atoms with E-state index in [-0.39, 0.29) is 12.6 Å². The number of carbonyl (C=O) groups is 2. The van der Waals surface area contributed by atoms with Crippen LogP contribution in [0.3, 0.4) is 0 Å². The number of rotatable bonds is 6. The molecule has 6 heteroatoms. The zero-order chi connectivity index (χ0) is 19.4. The molecule has 6 nitrogen and oxygen atoms in total. The lowest BCUT2D eigenvalue weighted by molar-refractivity contribution is -0.145. The monoisotopic (exact) mass is 363 g/mol. The van der Waals surface area contributed by atoms with E-state index in [1.54, 1.807) is 20.8 Å². The summed E-state index contributed by atoms with van der Waals surface area (Å²) in [6.45, 7) is 7.84. The average Bonchev–Trinajstić information content (AvgIpc) is 3.03. The molecule has 1 aliphatic heterocycles. The lowest BCUT2D eigenvalue weighted by atomic mass is 9.75. The van der Waals surface area contributed by atoms with E-state index in [0.29, 0.717) is 18.6 Å². The zero-order valence-corrected chi connectivity index (χ0v) is 16.0. The summed E-state index contributed by atoms with van der Waals surface area (Å²) < 4.78 is 10.9. The van der Waals surface area contributed by atoms with E-state index in [2.05, 4.69) is 5.32 Å². The lowest BCUT2D eigenvalue weighted by Gasteiger charge is -2.33. The van der Waals surface area contributed by atoms with Gasteiger partial charge in [0, 0.05) is 13.2 Å². The SMILES string of the molecule is Cc1ccc(C(CNC(=O)OC(C)(C)C)(CC2CCCO2)C(=O)O)cc1. The van der Waals surface area contributed by atoms with Crippen LogP contribution < -0.4 is 5.32 Å². The van der Waals surface area contributed by atoms with Crippen molar-refractivity contribution in [2.75, 3.05) is 13.2 Å². The third kappa shape index (κ3) is 5.21. The molecule has 144 valence electrons. The first-order valence-electron chi connectivity index (χ1n) is 9.01. The van der Waals surface area contributed by atoms with Crippen LogP contribution >= 0.6 is 0 Å². The summed E-state index contributed by atoms with van der Waals surface area (Å²) in [5, 5.41) is 12.8. The fraction of sp³-hybridized carbons (Fsp3) is 0.600. The van der Waals surface area contributed by atoms with Gasteiger partial charge in [0.25, 0.3) is 0 Å². The Hall–Kier alpha value is -2.08. The Morgan fingerprint density at radius 2 is 1.92 bits per heavy atom. The van der Waals surface area contributed by atoms with E-state index < -0.39 is 23.1 Å². The van der Waals surface area contributed by atoms with Crippen molar-refractivity contribution < 1.29 is 24.2 Å². The number of alkyl carbamates (subject to hydrolysis) is 1. The van der Waals surface area contributed by atoms with E-state index in [4.69, 9.17) is 9.47 Å². The number of carboxylic acid groups (broad SMARTS) is 1. The van der Waals surface area contributed by atoms with Crippen molar-refractivity contribution in [2.45, 2.75) is 64.1 Å². The van der Waals surface area contributed by atoms with Crippen LogP contribution in [0.25, 0.3) is 0 Å². The van der Waals surface area contributed by atoms with E-state index in [9.17, 15) is 14.7 Å². The second-order valence-electron chi connectivity index (χ2n) is 7.95. The molecular weight excluding hydrogens is 334 g/mol. The highest BCUT2D eigenvalue weighted by atomic mass is 16.6. The Labute approximate surface area is 154 Å². The first-order valence-corrected chi connectivity index (χ1v) is 9.01. The molecule has 1 aromatic rings. The normalized spacial score (nSPS) is 19.6. The summed E-state index contributed by atoms with van der Waals surface area (Å²) in [6, 6.07) is 7.40. The van der Waals surface area contributed by atoms with Crippen molar-refractivity contribution in [1.82, 2.24) is 5.32 Å². The zero-order valence-electron chi connectivity index (χ0n) is 16.0. The minimum Gasteiger partial charge on any atom is -0.481 e. The number of ether oxygens (including phenoxy) is 2. The summed E-state index contributed by atoms with van der Waals surface area (Å²) in [7, 11) is 0.